The van der Waals surface area contributed by atoms with Crippen LogP contribution in [0.25, 0.3) is 0 Å². The number of rotatable bonds is 3. The van der Waals surface area contributed by atoms with E-state index in [-0.39, 0.29) is 36.1 Å². The van der Waals surface area contributed by atoms with Gasteiger partial charge >= 0.3 is 0 Å². The van der Waals surface area contributed by atoms with Crippen molar-refractivity contribution in [3.63, 3.8) is 0 Å². The second kappa shape index (κ2) is 7.94. The van der Waals surface area contributed by atoms with Gasteiger partial charge in [0.05, 0.1) is 23.8 Å². The number of nitrogens with two attached hydrogens (primary N) is 1. The Kier molecular flexibility index (Phi) is 8.81. The zero-order chi connectivity index (χ0) is 12.3. The van der Waals surface area contributed by atoms with Crippen molar-refractivity contribution in [2.75, 3.05) is 0 Å². The summed E-state index contributed by atoms with van der Waals surface area (Å²) >= 11 is 1.54. The fourth-order valence-corrected chi connectivity index (χ4v) is 1.88. The first-order valence-corrected chi connectivity index (χ1v) is 6.12. The summed E-state index contributed by atoms with van der Waals surface area (Å²) in [6, 6.07) is -0.485. The van der Waals surface area contributed by atoms with Gasteiger partial charge in [-0.3, -0.25) is 4.79 Å². The smallest absolute Gasteiger partial charge is 0.237 e. The molecule has 0 spiro atoms. The van der Waals surface area contributed by atoms with Crippen molar-refractivity contribution < 1.29 is 4.79 Å². The number of amides is 1. The minimum absolute atomic E-state index is 0. The Hall–Kier alpha value is -0.360. The molecule has 106 valence electrons. The zero-order valence-corrected chi connectivity index (χ0v) is 13.5. The molecule has 1 rings (SSSR count). The van der Waals surface area contributed by atoms with Crippen molar-refractivity contribution in [2.45, 2.75) is 40.3 Å². The monoisotopic (exact) mass is 313 g/mol. The number of halogens is 2. The fraction of sp³-hybridized carbons (Fsp3) is 0.636. The molecule has 1 atom stereocenters. The van der Waals surface area contributed by atoms with Gasteiger partial charge in [0.2, 0.25) is 5.91 Å². The van der Waals surface area contributed by atoms with E-state index >= 15 is 0 Å². The molecular weight excluding hydrogens is 293 g/mol. The lowest BCUT2D eigenvalue weighted by Crippen LogP contribution is -2.48. The minimum Gasteiger partial charge on any atom is -0.350 e. The maximum Gasteiger partial charge on any atom is 0.237 e. The molecule has 7 heteroatoms. The highest BCUT2D eigenvalue weighted by Crippen LogP contribution is 2.17. The summed E-state index contributed by atoms with van der Waals surface area (Å²) < 4.78 is 0. The summed E-state index contributed by atoms with van der Waals surface area (Å²) in [5, 5.41) is 2.84. The molecule has 4 nitrogen and oxygen atoms in total. The average molecular weight is 314 g/mol. The van der Waals surface area contributed by atoms with E-state index in [1.165, 1.54) is 0 Å². The van der Waals surface area contributed by atoms with E-state index in [1.807, 2.05) is 27.7 Å². The van der Waals surface area contributed by atoms with Crippen LogP contribution in [0.1, 0.15) is 31.3 Å². The molecule has 0 aliphatic rings. The fourth-order valence-electron chi connectivity index (χ4n) is 1.17. The van der Waals surface area contributed by atoms with Gasteiger partial charge < -0.3 is 11.1 Å². The molecule has 1 amide bonds. The molecule has 0 bridgehead atoms. The van der Waals surface area contributed by atoms with Crippen LogP contribution in [0.2, 0.25) is 0 Å². The lowest BCUT2D eigenvalue weighted by Gasteiger charge is -2.25. The third-order valence-electron chi connectivity index (χ3n) is 2.48. The van der Waals surface area contributed by atoms with Gasteiger partial charge in [0.25, 0.3) is 0 Å². The zero-order valence-electron chi connectivity index (χ0n) is 11.0. The molecule has 0 fully saturated rings. The number of nitrogens with one attached hydrogen (secondary N) is 1. The van der Waals surface area contributed by atoms with Crippen molar-refractivity contribution in [3.05, 3.63) is 16.1 Å². The van der Waals surface area contributed by atoms with E-state index in [9.17, 15) is 4.79 Å². The molecule has 0 saturated heterocycles. The van der Waals surface area contributed by atoms with E-state index in [4.69, 9.17) is 5.73 Å². The second-order valence-corrected chi connectivity index (χ2v) is 5.86. The third kappa shape index (κ3) is 5.52. The SMILES string of the molecule is Cc1ncsc1CNC(=O)[C@@H](N)C(C)(C)C.Cl.Cl. The first-order valence-electron chi connectivity index (χ1n) is 5.24. The number of hydrogen-bond donors (Lipinski definition) is 2. The lowest BCUT2D eigenvalue weighted by atomic mass is 9.87. The van der Waals surface area contributed by atoms with Gasteiger partial charge in [-0.15, -0.1) is 36.2 Å². The van der Waals surface area contributed by atoms with E-state index in [0.29, 0.717) is 6.54 Å². The largest absolute Gasteiger partial charge is 0.350 e. The van der Waals surface area contributed by atoms with Crippen LogP contribution in [0.4, 0.5) is 0 Å². The standard InChI is InChI=1S/C11H19N3OS.2ClH/c1-7-8(16-6-14-7)5-13-10(15)9(12)11(2,3)4;;/h6,9H,5,12H2,1-4H3,(H,13,15);2*1H/t9-;;/m1../s1. The van der Waals surface area contributed by atoms with Crippen LogP contribution < -0.4 is 11.1 Å². The van der Waals surface area contributed by atoms with Gasteiger partial charge in [-0.05, 0) is 12.3 Å². The Balaban J connectivity index is 0. The average Bonchev–Trinajstić information content (AvgIpc) is 2.58. The summed E-state index contributed by atoms with van der Waals surface area (Å²) in [4.78, 5) is 16.9. The topological polar surface area (TPSA) is 68.0 Å². The van der Waals surface area contributed by atoms with Gasteiger partial charge in [0.15, 0.2) is 0 Å². The van der Waals surface area contributed by atoms with Gasteiger partial charge in [-0.25, -0.2) is 4.98 Å². The van der Waals surface area contributed by atoms with E-state index < -0.39 is 6.04 Å². The van der Waals surface area contributed by atoms with Gasteiger partial charge in [0.1, 0.15) is 0 Å². The van der Waals surface area contributed by atoms with Crippen molar-refractivity contribution in [3.8, 4) is 0 Å². The van der Waals surface area contributed by atoms with Crippen molar-refractivity contribution in [2.24, 2.45) is 11.1 Å². The Morgan fingerprint density at radius 3 is 2.44 bits per heavy atom. The maximum absolute atomic E-state index is 11.7. The summed E-state index contributed by atoms with van der Waals surface area (Å²) in [6.07, 6.45) is 0. The van der Waals surface area contributed by atoms with Crippen molar-refractivity contribution >= 4 is 42.1 Å². The number of carbonyl (C=O) groups is 1. The highest BCUT2D eigenvalue weighted by atomic mass is 35.5. The Morgan fingerprint density at radius 1 is 1.50 bits per heavy atom. The Labute approximate surface area is 125 Å². The number of aromatic nitrogens is 1. The van der Waals surface area contributed by atoms with Gasteiger partial charge in [0, 0.05) is 4.88 Å². The van der Waals surface area contributed by atoms with Crippen LogP contribution in [0.15, 0.2) is 5.51 Å². The molecule has 3 N–H and O–H groups in total. The number of thiazole rings is 1. The first kappa shape index (κ1) is 20.0. The highest BCUT2D eigenvalue weighted by molar-refractivity contribution is 7.09. The second-order valence-electron chi connectivity index (χ2n) is 4.92. The summed E-state index contributed by atoms with van der Waals surface area (Å²) in [7, 11) is 0. The molecule has 0 aliphatic carbocycles. The summed E-state index contributed by atoms with van der Waals surface area (Å²) in [6.45, 7) is 8.31. The molecule has 0 unspecified atom stereocenters. The molecule has 1 aromatic rings. The minimum atomic E-state index is -0.485. The number of hydrogen-bond acceptors (Lipinski definition) is 4. The maximum atomic E-state index is 11.7. The lowest BCUT2D eigenvalue weighted by molar-refractivity contribution is -0.124. The molecule has 1 aromatic heterocycles. The predicted molar refractivity (Wildman–Crippen MR) is 80.6 cm³/mol. The molecular formula is C11H21Cl2N3OS. The first-order chi connectivity index (χ1) is 7.32. The Bertz CT molecular complexity index is 377. The van der Waals surface area contributed by atoms with Crippen LogP contribution in [0.3, 0.4) is 0 Å². The number of carbonyl (C=O) groups excluding carboxylic acids is 1. The molecule has 1 heterocycles. The van der Waals surface area contributed by atoms with E-state index in [0.717, 1.165) is 10.6 Å². The van der Waals surface area contributed by atoms with E-state index in [2.05, 4.69) is 10.3 Å². The van der Waals surface area contributed by atoms with Crippen LogP contribution in [-0.4, -0.2) is 16.9 Å². The third-order valence-corrected chi connectivity index (χ3v) is 3.42. The molecule has 0 saturated carbocycles. The van der Waals surface area contributed by atoms with Crippen LogP contribution in [0.5, 0.6) is 0 Å². The number of aryl methyl sites for hydroxylation is 1. The van der Waals surface area contributed by atoms with Crippen LogP contribution >= 0.6 is 36.2 Å². The number of nitrogens with zero attached hydrogens (tertiary/aromatic N) is 1. The normalized spacial score (nSPS) is 12.1. The van der Waals surface area contributed by atoms with Crippen molar-refractivity contribution in [1.82, 2.24) is 10.3 Å². The van der Waals surface area contributed by atoms with Crippen LogP contribution in [0, 0.1) is 12.3 Å². The summed E-state index contributed by atoms with van der Waals surface area (Å²) in [5.74, 6) is -0.111. The molecule has 0 radical (unpaired) electrons. The van der Waals surface area contributed by atoms with Gasteiger partial charge in [-0.1, -0.05) is 20.8 Å². The summed E-state index contributed by atoms with van der Waals surface area (Å²) in [5.41, 5.74) is 8.38. The Morgan fingerprint density at radius 2 is 2.06 bits per heavy atom. The van der Waals surface area contributed by atoms with Crippen molar-refractivity contribution in [1.29, 1.82) is 0 Å². The van der Waals surface area contributed by atoms with Gasteiger partial charge in [-0.2, -0.15) is 0 Å². The van der Waals surface area contributed by atoms with Crippen LogP contribution in [-0.2, 0) is 11.3 Å². The molecule has 18 heavy (non-hydrogen) atoms. The quantitative estimate of drug-likeness (QED) is 0.899. The molecule has 0 aliphatic heterocycles. The predicted octanol–water partition coefficient (Wildman–Crippen LogP) is 2.28. The highest BCUT2D eigenvalue weighted by Gasteiger charge is 2.27. The molecule has 0 aromatic carbocycles. The van der Waals surface area contributed by atoms with E-state index in [1.54, 1.807) is 16.8 Å².